The highest BCUT2D eigenvalue weighted by molar-refractivity contribution is 7.13. The number of aryl methyl sites for hydroxylation is 2. The minimum atomic E-state index is -0.257. The van der Waals surface area contributed by atoms with Crippen molar-refractivity contribution in [2.24, 2.45) is 5.10 Å². The molecular weight excluding hydrogens is 320 g/mol. The van der Waals surface area contributed by atoms with Gasteiger partial charge in [0.1, 0.15) is 5.69 Å². The average Bonchev–Trinajstić information content (AvgIpc) is 3.21. The van der Waals surface area contributed by atoms with Crippen LogP contribution in [-0.2, 0) is 12.8 Å². The Morgan fingerprint density at radius 2 is 2.17 bits per heavy atom. The van der Waals surface area contributed by atoms with Gasteiger partial charge < -0.3 is 0 Å². The molecule has 1 amide bonds. The van der Waals surface area contributed by atoms with E-state index in [4.69, 9.17) is 0 Å². The number of fused-ring (bicyclic) bond motifs is 3. The van der Waals surface area contributed by atoms with Crippen LogP contribution in [0.3, 0.4) is 0 Å². The van der Waals surface area contributed by atoms with E-state index < -0.39 is 0 Å². The van der Waals surface area contributed by atoms with Gasteiger partial charge in [0, 0.05) is 20.9 Å². The van der Waals surface area contributed by atoms with E-state index in [1.54, 1.807) is 17.6 Å². The minimum Gasteiger partial charge on any atom is -0.272 e. The van der Waals surface area contributed by atoms with Crippen LogP contribution in [0.25, 0.3) is 11.3 Å². The molecule has 3 aromatic rings. The van der Waals surface area contributed by atoms with Crippen molar-refractivity contribution in [1.29, 1.82) is 0 Å². The zero-order chi connectivity index (χ0) is 16.5. The number of carbonyl (C=O) groups excluding carboxylic acids is 1. The molecule has 0 atom stereocenters. The number of H-pyrrole nitrogens is 1. The largest absolute Gasteiger partial charge is 0.289 e. The summed E-state index contributed by atoms with van der Waals surface area (Å²) >= 11 is 1.63. The average molecular weight is 336 g/mol. The number of benzene rings is 1. The Kier molecular flexibility index (Phi) is 3.74. The summed E-state index contributed by atoms with van der Waals surface area (Å²) in [5, 5.41) is 11.3. The standard InChI is InChI=1S/C18H16N4OS/c1-11-6-8-13(24-11)10-19-22-18(23)17-15-9-7-12-4-2-3-5-14(12)16(15)20-21-17/h2-6,8,10H,7,9H2,1H3,(H,20,21)(H,22,23)/b19-10+. The molecule has 0 fully saturated rings. The molecule has 0 unspecified atom stereocenters. The highest BCUT2D eigenvalue weighted by atomic mass is 32.1. The van der Waals surface area contributed by atoms with Crippen molar-refractivity contribution in [2.45, 2.75) is 19.8 Å². The van der Waals surface area contributed by atoms with Gasteiger partial charge in [-0.15, -0.1) is 11.3 Å². The molecule has 24 heavy (non-hydrogen) atoms. The van der Waals surface area contributed by atoms with Crippen LogP contribution in [-0.4, -0.2) is 22.3 Å². The number of aromatic nitrogens is 2. The van der Waals surface area contributed by atoms with Gasteiger partial charge in [0.2, 0.25) is 0 Å². The summed E-state index contributed by atoms with van der Waals surface area (Å²) in [6, 6.07) is 12.2. The summed E-state index contributed by atoms with van der Waals surface area (Å²) < 4.78 is 0. The lowest BCUT2D eigenvalue weighted by Gasteiger charge is -2.15. The van der Waals surface area contributed by atoms with Crippen LogP contribution in [0, 0.1) is 6.92 Å². The van der Waals surface area contributed by atoms with Gasteiger partial charge in [-0.3, -0.25) is 9.89 Å². The number of hydrazone groups is 1. The van der Waals surface area contributed by atoms with Gasteiger partial charge in [-0.05, 0) is 37.5 Å². The molecule has 5 nitrogen and oxygen atoms in total. The number of hydrogen-bond donors (Lipinski definition) is 2. The van der Waals surface area contributed by atoms with Crippen LogP contribution in [0.2, 0.25) is 0 Å². The molecule has 0 saturated heterocycles. The van der Waals surface area contributed by atoms with E-state index in [0.717, 1.165) is 34.5 Å². The molecule has 1 aliphatic carbocycles. The first-order valence-electron chi connectivity index (χ1n) is 7.78. The number of amides is 1. The molecule has 0 bridgehead atoms. The van der Waals surface area contributed by atoms with Crippen LogP contribution >= 0.6 is 11.3 Å². The van der Waals surface area contributed by atoms with E-state index in [1.165, 1.54) is 10.4 Å². The second-order valence-corrected chi connectivity index (χ2v) is 7.05. The van der Waals surface area contributed by atoms with Gasteiger partial charge >= 0.3 is 0 Å². The third kappa shape index (κ3) is 2.65. The van der Waals surface area contributed by atoms with Crippen LogP contribution < -0.4 is 5.43 Å². The fourth-order valence-electron chi connectivity index (χ4n) is 2.98. The number of nitrogens with zero attached hydrogens (tertiary/aromatic N) is 2. The second kappa shape index (κ2) is 6.05. The quantitative estimate of drug-likeness (QED) is 0.569. The van der Waals surface area contributed by atoms with Crippen LogP contribution in [0.5, 0.6) is 0 Å². The Balaban J connectivity index is 1.55. The second-order valence-electron chi connectivity index (χ2n) is 5.73. The van der Waals surface area contributed by atoms with Crippen LogP contribution in [0.4, 0.5) is 0 Å². The Bertz CT molecular complexity index is 938. The molecule has 0 aliphatic heterocycles. The number of rotatable bonds is 3. The molecule has 2 aromatic heterocycles. The molecule has 0 spiro atoms. The predicted octanol–water partition coefficient (Wildman–Crippen LogP) is 3.31. The van der Waals surface area contributed by atoms with Gasteiger partial charge in [0.25, 0.3) is 5.91 Å². The Morgan fingerprint density at radius 3 is 3.00 bits per heavy atom. The monoisotopic (exact) mass is 336 g/mol. The van der Waals surface area contributed by atoms with Crippen molar-refractivity contribution >= 4 is 23.5 Å². The normalized spacial score (nSPS) is 12.9. The fourth-order valence-corrected chi connectivity index (χ4v) is 3.73. The van der Waals surface area contributed by atoms with Crippen molar-refractivity contribution in [3.05, 3.63) is 63.0 Å². The number of carbonyl (C=O) groups is 1. The summed E-state index contributed by atoms with van der Waals surface area (Å²) in [4.78, 5) is 14.6. The molecule has 2 N–H and O–H groups in total. The van der Waals surface area contributed by atoms with E-state index in [0.29, 0.717) is 5.69 Å². The maximum absolute atomic E-state index is 12.4. The number of thiophene rings is 1. The molecule has 0 radical (unpaired) electrons. The first kappa shape index (κ1) is 14.8. The Hall–Kier alpha value is -2.73. The van der Waals surface area contributed by atoms with Crippen LogP contribution in [0.15, 0.2) is 41.5 Å². The third-order valence-electron chi connectivity index (χ3n) is 4.13. The lowest BCUT2D eigenvalue weighted by Crippen LogP contribution is -2.20. The zero-order valence-corrected chi connectivity index (χ0v) is 14.0. The topological polar surface area (TPSA) is 70.1 Å². The van der Waals surface area contributed by atoms with Gasteiger partial charge in [-0.25, -0.2) is 5.43 Å². The fraction of sp³-hybridized carbons (Fsp3) is 0.167. The first-order valence-corrected chi connectivity index (χ1v) is 8.59. The molecule has 120 valence electrons. The van der Waals surface area contributed by atoms with Crippen molar-refractivity contribution in [3.8, 4) is 11.3 Å². The summed E-state index contributed by atoms with van der Waals surface area (Å²) in [6.07, 6.45) is 3.38. The van der Waals surface area contributed by atoms with Gasteiger partial charge in [-0.2, -0.15) is 10.2 Å². The summed E-state index contributed by atoms with van der Waals surface area (Å²) in [5.41, 5.74) is 7.30. The summed E-state index contributed by atoms with van der Waals surface area (Å²) in [6.45, 7) is 2.04. The SMILES string of the molecule is Cc1ccc(/C=N/NC(=O)c2[nH]nc3c2CCc2ccccc2-3)s1. The van der Waals surface area contributed by atoms with Crippen molar-refractivity contribution in [1.82, 2.24) is 15.6 Å². The number of aromatic amines is 1. The summed E-state index contributed by atoms with van der Waals surface area (Å²) in [5.74, 6) is -0.257. The Labute approximate surface area is 143 Å². The predicted molar refractivity (Wildman–Crippen MR) is 95.5 cm³/mol. The van der Waals surface area contributed by atoms with E-state index >= 15 is 0 Å². The van der Waals surface area contributed by atoms with Crippen molar-refractivity contribution in [2.75, 3.05) is 0 Å². The number of nitrogens with one attached hydrogen (secondary N) is 2. The molecule has 1 aliphatic rings. The molecule has 1 aromatic carbocycles. The third-order valence-corrected chi connectivity index (χ3v) is 5.07. The minimum absolute atomic E-state index is 0.257. The lowest BCUT2D eigenvalue weighted by atomic mass is 9.89. The summed E-state index contributed by atoms with van der Waals surface area (Å²) in [7, 11) is 0. The molecule has 4 rings (SSSR count). The molecule has 6 heteroatoms. The highest BCUT2D eigenvalue weighted by Gasteiger charge is 2.24. The highest BCUT2D eigenvalue weighted by Crippen LogP contribution is 2.33. The van der Waals surface area contributed by atoms with Crippen molar-refractivity contribution < 1.29 is 4.79 Å². The van der Waals surface area contributed by atoms with E-state index in [2.05, 4.69) is 26.8 Å². The smallest absolute Gasteiger partial charge is 0.272 e. The van der Waals surface area contributed by atoms with E-state index in [-0.39, 0.29) is 5.91 Å². The maximum Gasteiger partial charge on any atom is 0.289 e. The van der Waals surface area contributed by atoms with Gasteiger partial charge in [0.05, 0.1) is 11.9 Å². The molecule has 0 saturated carbocycles. The van der Waals surface area contributed by atoms with Crippen LogP contribution in [0.1, 0.15) is 31.4 Å². The van der Waals surface area contributed by atoms with Gasteiger partial charge in [0.15, 0.2) is 0 Å². The lowest BCUT2D eigenvalue weighted by molar-refractivity contribution is 0.0949. The maximum atomic E-state index is 12.4. The van der Waals surface area contributed by atoms with E-state index in [9.17, 15) is 4.79 Å². The van der Waals surface area contributed by atoms with E-state index in [1.807, 2.05) is 37.3 Å². The first-order chi connectivity index (χ1) is 11.7. The number of hydrogen-bond acceptors (Lipinski definition) is 4. The van der Waals surface area contributed by atoms with Gasteiger partial charge in [-0.1, -0.05) is 24.3 Å². The zero-order valence-electron chi connectivity index (χ0n) is 13.2. The molecule has 2 heterocycles. The Morgan fingerprint density at radius 1 is 1.29 bits per heavy atom. The van der Waals surface area contributed by atoms with Crippen molar-refractivity contribution in [3.63, 3.8) is 0 Å². The molecular formula is C18H16N4OS.